The van der Waals surface area contributed by atoms with Crippen LogP contribution in [0.15, 0.2) is 18.2 Å². The van der Waals surface area contributed by atoms with Crippen LogP contribution in [-0.2, 0) is 0 Å². The lowest BCUT2D eigenvalue weighted by molar-refractivity contribution is 0.214. The van der Waals surface area contributed by atoms with Crippen LogP contribution < -0.4 is 5.73 Å². The number of hydrogen-bond donors (Lipinski definition) is 2. The van der Waals surface area contributed by atoms with Gasteiger partial charge in [0, 0.05) is 16.7 Å². The Kier molecular flexibility index (Phi) is 6.28. The van der Waals surface area contributed by atoms with Gasteiger partial charge >= 0.3 is 0 Å². The summed E-state index contributed by atoms with van der Waals surface area (Å²) in [5.74, 6) is 0.476. The molecule has 1 aromatic rings. The minimum Gasteiger partial charge on any atom is -0.396 e. The molecule has 0 aromatic heterocycles. The second-order valence-corrected chi connectivity index (χ2v) is 5.20. The van der Waals surface area contributed by atoms with Crippen LogP contribution in [0.4, 0.5) is 0 Å². The third-order valence-electron chi connectivity index (χ3n) is 3.06. The minimum atomic E-state index is 0.126. The molecule has 3 N–H and O–H groups in total. The Morgan fingerprint density at radius 2 is 1.82 bits per heavy atom. The summed E-state index contributed by atoms with van der Waals surface area (Å²) in [6, 6.07) is 5.60. The minimum absolute atomic E-state index is 0.126. The molecule has 0 spiro atoms. The van der Waals surface area contributed by atoms with Crippen molar-refractivity contribution in [1.82, 2.24) is 0 Å². The van der Waals surface area contributed by atoms with Crippen LogP contribution in [-0.4, -0.2) is 18.3 Å². The first-order valence-corrected chi connectivity index (χ1v) is 6.63. The summed E-state index contributed by atoms with van der Waals surface area (Å²) in [5, 5.41) is 10.5. The number of rotatable bonds is 6. The van der Waals surface area contributed by atoms with E-state index in [1.807, 2.05) is 12.1 Å². The normalized spacial score (nSPS) is 14.6. The molecule has 2 unspecified atom stereocenters. The van der Waals surface area contributed by atoms with Gasteiger partial charge in [0.15, 0.2) is 0 Å². The summed E-state index contributed by atoms with van der Waals surface area (Å²) < 4.78 is 0. The Labute approximate surface area is 113 Å². The van der Waals surface area contributed by atoms with E-state index < -0.39 is 0 Å². The zero-order chi connectivity index (χ0) is 12.8. The van der Waals surface area contributed by atoms with Gasteiger partial charge < -0.3 is 10.8 Å². The topological polar surface area (TPSA) is 46.2 Å². The lowest BCUT2D eigenvalue weighted by Gasteiger charge is -2.21. The van der Waals surface area contributed by atoms with Gasteiger partial charge in [-0.05, 0) is 55.0 Å². The van der Waals surface area contributed by atoms with Crippen molar-refractivity contribution in [1.29, 1.82) is 0 Å². The third kappa shape index (κ3) is 4.47. The molecule has 0 bridgehead atoms. The number of hydrogen-bond acceptors (Lipinski definition) is 2. The second kappa shape index (κ2) is 7.22. The van der Waals surface area contributed by atoms with Gasteiger partial charge in [0.25, 0.3) is 0 Å². The Bertz CT molecular complexity index is 333. The summed E-state index contributed by atoms with van der Waals surface area (Å²) >= 11 is 12.0. The molecule has 1 aromatic carbocycles. The predicted molar refractivity (Wildman–Crippen MR) is 73.7 cm³/mol. The van der Waals surface area contributed by atoms with E-state index in [1.54, 1.807) is 6.07 Å². The Balaban J connectivity index is 2.85. The van der Waals surface area contributed by atoms with Crippen LogP contribution in [0.2, 0.25) is 10.0 Å². The van der Waals surface area contributed by atoms with E-state index in [4.69, 9.17) is 28.9 Å². The van der Waals surface area contributed by atoms with E-state index in [2.05, 4.69) is 6.92 Å². The molecule has 0 heterocycles. The summed E-state index contributed by atoms with van der Waals surface area (Å²) in [7, 11) is 0. The highest BCUT2D eigenvalue weighted by Crippen LogP contribution is 2.31. The zero-order valence-electron chi connectivity index (χ0n) is 10.00. The van der Waals surface area contributed by atoms with Crippen molar-refractivity contribution in [2.24, 2.45) is 11.7 Å². The van der Waals surface area contributed by atoms with Gasteiger partial charge in [-0.3, -0.25) is 0 Å². The maximum absolute atomic E-state index is 9.19. The Morgan fingerprint density at radius 1 is 1.24 bits per heavy atom. The average Bonchev–Trinajstić information content (AvgIpc) is 2.29. The van der Waals surface area contributed by atoms with Crippen molar-refractivity contribution in [2.75, 3.05) is 13.2 Å². The lowest BCUT2D eigenvalue weighted by Crippen LogP contribution is -2.20. The van der Waals surface area contributed by atoms with Crippen molar-refractivity contribution >= 4 is 23.2 Å². The summed E-state index contributed by atoms with van der Waals surface area (Å²) in [6.07, 6.45) is 1.84. The first kappa shape index (κ1) is 14.8. The smallest absolute Gasteiger partial charge is 0.0471 e. The van der Waals surface area contributed by atoms with Gasteiger partial charge in [-0.15, -0.1) is 0 Å². The van der Waals surface area contributed by atoms with Crippen molar-refractivity contribution in [3.05, 3.63) is 33.8 Å². The van der Waals surface area contributed by atoms with Crippen molar-refractivity contribution in [3.8, 4) is 0 Å². The molecule has 0 aliphatic heterocycles. The van der Waals surface area contributed by atoms with Crippen molar-refractivity contribution in [2.45, 2.75) is 25.7 Å². The molecule has 0 saturated heterocycles. The predicted octanol–water partition coefficient (Wildman–Crippen LogP) is 3.44. The number of nitrogens with two attached hydrogens (primary N) is 1. The Morgan fingerprint density at radius 3 is 2.24 bits per heavy atom. The van der Waals surface area contributed by atoms with Crippen LogP contribution in [0, 0.1) is 5.92 Å². The number of benzene rings is 1. The molecule has 0 radical (unpaired) electrons. The molecule has 2 atom stereocenters. The van der Waals surface area contributed by atoms with Gasteiger partial charge in [0.1, 0.15) is 0 Å². The van der Waals surface area contributed by atoms with E-state index in [1.165, 1.54) is 0 Å². The molecule has 96 valence electrons. The first-order valence-electron chi connectivity index (χ1n) is 5.87. The SMILES string of the molecule is CCC(CC(CN)CO)c1cc(Cl)cc(Cl)c1. The van der Waals surface area contributed by atoms with Crippen LogP contribution >= 0.6 is 23.2 Å². The van der Waals surface area contributed by atoms with Gasteiger partial charge in [-0.1, -0.05) is 30.1 Å². The highest BCUT2D eigenvalue weighted by Gasteiger charge is 2.16. The van der Waals surface area contributed by atoms with Gasteiger partial charge in [-0.2, -0.15) is 0 Å². The van der Waals surface area contributed by atoms with E-state index in [9.17, 15) is 5.11 Å². The number of aliphatic hydroxyl groups excluding tert-OH is 1. The highest BCUT2D eigenvalue weighted by molar-refractivity contribution is 6.34. The molecule has 17 heavy (non-hydrogen) atoms. The molecular weight excluding hydrogens is 257 g/mol. The van der Waals surface area contributed by atoms with Gasteiger partial charge in [-0.25, -0.2) is 0 Å². The number of aliphatic hydroxyl groups is 1. The summed E-state index contributed by atoms with van der Waals surface area (Å²) in [4.78, 5) is 0. The standard InChI is InChI=1S/C13H19Cl2NO/c1-2-10(3-9(7-16)8-17)11-4-12(14)6-13(15)5-11/h4-6,9-10,17H,2-3,7-8,16H2,1H3. The van der Waals surface area contributed by atoms with E-state index in [-0.39, 0.29) is 12.5 Å². The fourth-order valence-corrected chi connectivity index (χ4v) is 2.54. The van der Waals surface area contributed by atoms with Crippen LogP contribution in [0.25, 0.3) is 0 Å². The third-order valence-corrected chi connectivity index (χ3v) is 3.49. The largest absolute Gasteiger partial charge is 0.396 e. The average molecular weight is 276 g/mol. The van der Waals surface area contributed by atoms with E-state index >= 15 is 0 Å². The fourth-order valence-electron chi connectivity index (χ4n) is 2.00. The van der Waals surface area contributed by atoms with E-state index in [0.29, 0.717) is 22.5 Å². The van der Waals surface area contributed by atoms with Crippen LogP contribution in [0.1, 0.15) is 31.2 Å². The molecule has 0 fully saturated rings. The quantitative estimate of drug-likeness (QED) is 0.836. The zero-order valence-corrected chi connectivity index (χ0v) is 11.5. The number of halogens is 2. The molecule has 2 nitrogen and oxygen atoms in total. The molecule has 0 saturated carbocycles. The molecular formula is C13H19Cl2NO. The van der Waals surface area contributed by atoms with Gasteiger partial charge in [0.05, 0.1) is 0 Å². The van der Waals surface area contributed by atoms with E-state index in [0.717, 1.165) is 18.4 Å². The lowest BCUT2D eigenvalue weighted by atomic mass is 9.87. The molecule has 0 amide bonds. The van der Waals surface area contributed by atoms with Crippen molar-refractivity contribution in [3.63, 3.8) is 0 Å². The monoisotopic (exact) mass is 275 g/mol. The maximum Gasteiger partial charge on any atom is 0.0471 e. The Hall–Kier alpha value is -0.280. The maximum atomic E-state index is 9.19. The van der Waals surface area contributed by atoms with Crippen molar-refractivity contribution < 1.29 is 5.11 Å². The summed E-state index contributed by atoms with van der Waals surface area (Å²) in [5.41, 5.74) is 6.73. The van der Waals surface area contributed by atoms with Gasteiger partial charge in [0.2, 0.25) is 0 Å². The van der Waals surface area contributed by atoms with Crippen LogP contribution in [0.5, 0.6) is 0 Å². The molecule has 1 rings (SSSR count). The highest BCUT2D eigenvalue weighted by atomic mass is 35.5. The second-order valence-electron chi connectivity index (χ2n) is 4.33. The molecule has 0 aliphatic carbocycles. The molecule has 4 heteroatoms. The first-order chi connectivity index (χ1) is 8.10. The fraction of sp³-hybridized carbons (Fsp3) is 0.538. The summed E-state index contributed by atoms with van der Waals surface area (Å²) in [6.45, 7) is 2.74. The van der Waals surface area contributed by atoms with Crippen LogP contribution in [0.3, 0.4) is 0 Å². The molecule has 0 aliphatic rings.